The van der Waals surface area contributed by atoms with Gasteiger partial charge in [0.05, 0.1) is 5.56 Å². The van der Waals surface area contributed by atoms with Gasteiger partial charge in [-0.15, -0.1) is 0 Å². The Hall–Kier alpha value is -2.36. The van der Waals surface area contributed by atoms with Crippen LogP contribution in [0.3, 0.4) is 0 Å². The lowest BCUT2D eigenvalue weighted by atomic mass is 9.96. The number of rotatable bonds is 1. The van der Waals surface area contributed by atoms with Gasteiger partial charge in [-0.05, 0) is 60.2 Å². The number of benzene rings is 2. The number of aryl methyl sites for hydroxylation is 2. The Morgan fingerprint density at radius 3 is 2.36 bits per heavy atom. The van der Waals surface area contributed by atoms with Crippen LogP contribution in [-0.4, -0.2) is 4.98 Å². The van der Waals surface area contributed by atoms with Gasteiger partial charge in [-0.2, -0.15) is 13.2 Å². The van der Waals surface area contributed by atoms with Crippen LogP contribution in [0.4, 0.5) is 13.2 Å². The number of fused-ring (bicyclic) bond motifs is 1. The van der Waals surface area contributed by atoms with Gasteiger partial charge in [-0.25, -0.2) is 0 Å². The summed E-state index contributed by atoms with van der Waals surface area (Å²) in [6.07, 6.45) is -2.59. The molecule has 0 aliphatic carbocycles. The highest BCUT2D eigenvalue weighted by Crippen LogP contribution is 2.34. The first kappa shape index (κ1) is 14.6. The molecule has 1 nitrogen and oxygen atoms in total. The van der Waals surface area contributed by atoms with Crippen LogP contribution in [-0.2, 0) is 6.18 Å². The molecule has 4 heteroatoms. The van der Waals surface area contributed by atoms with Crippen LogP contribution in [0, 0.1) is 13.8 Å². The van der Waals surface area contributed by atoms with Crippen molar-refractivity contribution in [2.75, 3.05) is 0 Å². The van der Waals surface area contributed by atoms with Crippen molar-refractivity contribution in [3.8, 4) is 11.1 Å². The number of hydrogen-bond acceptors (Lipinski definition) is 1. The van der Waals surface area contributed by atoms with Gasteiger partial charge in [0, 0.05) is 17.3 Å². The number of halogens is 3. The minimum Gasteiger partial charge on any atom is -0.261 e. The van der Waals surface area contributed by atoms with Crippen molar-refractivity contribution in [3.63, 3.8) is 0 Å². The molecule has 3 aromatic rings. The highest BCUT2D eigenvalue weighted by molar-refractivity contribution is 5.87. The predicted molar refractivity (Wildman–Crippen MR) is 81.7 cm³/mol. The summed E-state index contributed by atoms with van der Waals surface area (Å²) in [6, 6.07) is 11.4. The standard InChI is InChI=1S/C18H14F3N/c1-11-3-6-16(18(19,20)21)9-17(11)14-5-4-13-7-12(2)22-10-15(13)8-14/h3-10H,1-2H3. The zero-order chi connectivity index (χ0) is 15.9. The molecule has 0 fully saturated rings. The van der Waals surface area contributed by atoms with Gasteiger partial charge in [0.1, 0.15) is 0 Å². The maximum Gasteiger partial charge on any atom is 0.416 e. The van der Waals surface area contributed by atoms with E-state index in [0.717, 1.165) is 33.7 Å². The van der Waals surface area contributed by atoms with E-state index in [-0.39, 0.29) is 0 Å². The lowest BCUT2D eigenvalue weighted by molar-refractivity contribution is -0.137. The third-order valence-corrected chi connectivity index (χ3v) is 3.73. The van der Waals surface area contributed by atoms with E-state index in [1.54, 1.807) is 6.20 Å². The van der Waals surface area contributed by atoms with Crippen molar-refractivity contribution in [2.45, 2.75) is 20.0 Å². The molecule has 0 saturated carbocycles. The van der Waals surface area contributed by atoms with Crippen LogP contribution in [0.2, 0.25) is 0 Å². The normalized spacial score (nSPS) is 11.9. The fourth-order valence-corrected chi connectivity index (χ4v) is 2.53. The van der Waals surface area contributed by atoms with E-state index >= 15 is 0 Å². The Bertz CT molecular complexity index is 851. The zero-order valence-corrected chi connectivity index (χ0v) is 12.2. The Morgan fingerprint density at radius 1 is 0.864 bits per heavy atom. The molecule has 3 rings (SSSR count). The number of hydrogen-bond donors (Lipinski definition) is 0. The summed E-state index contributed by atoms with van der Waals surface area (Å²) < 4.78 is 38.7. The van der Waals surface area contributed by atoms with Crippen LogP contribution < -0.4 is 0 Å². The molecule has 1 aromatic heterocycles. The molecule has 0 N–H and O–H groups in total. The van der Waals surface area contributed by atoms with Crippen molar-refractivity contribution < 1.29 is 13.2 Å². The molecule has 0 unspecified atom stereocenters. The monoisotopic (exact) mass is 301 g/mol. The van der Waals surface area contributed by atoms with E-state index in [1.165, 1.54) is 12.1 Å². The summed E-state index contributed by atoms with van der Waals surface area (Å²) in [5.74, 6) is 0. The molecular weight excluding hydrogens is 287 g/mol. The Kier molecular flexibility index (Phi) is 3.39. The SMILES string of the molecule is Cc1cc2ccc(-c3cc(C(F)(F)F)ccc3C)cc2cn1. The van der Waals surface area contributed by atoms with Crippen molar-refractivity contribution in [1.29, 1.82) is 0 Å². The first-order valence-electron chi connectivity index (χ1n) is 6.89. The highest BCUT2D eigenvalue weighted by Gasteiger charge is 2.30. The summed E-state index contributed by atoms with van der Waals surface area (Å²) in [5.41, 5.74) is 2.46. The fraction of sp³-hybridized carbons (Fsp3) is 0.167. The van der Waals surface area contributed by atoms with Gasteiger partial charge < -0.3 is 0 Å². The molecule has 112 valence electrons. The average Bonchev–Trinajstić information content (AvgIpc) is 2.46. The van der Waals surface area contributed by atoms with Gasteiger partial charge >= 0.3 is 6.18 Å². The summed E-state index contributed by atoms with van der Waals surface area (Å²) in [7, 11) is 0. The minimum atomic E-state index is -4.34. The van der Waals surface area contributed by atoms with Gasteiger partial charge in [0.15, 0.2) is 0 Å². The van der Waals surface area contributed by atoms with Crippen molar-refractivity contribution in [3.05, 3.63) is 65.5 Å². The van der Waals surface area contributed by atoms with Crippen molar-refractivity contribution >= 4 is 10.8 Å². The lowest BCUT2D eigenvalue weighted by Gasteiger charge is -2.12. The second-order valence-electron chi connectivity index (χ2n) is 5.42. The summed E-state index contributed by atoms with van der Waals surface area (Å²) >= 11 is 0. The molecule has 0 aliphatic rings. The van der Waals surface area contributed by atoms with Crippen molar-refractivity contribution in [1.82, 2.24) is 4.98 Å². The number of pyridine rings is 1. The first-order chi connectivity index (χ1) is 10.3. The third kappa shape index (κ3) is 2.69. The second kappa shape index (κ2) is 5.13. The smallest absolute Gasteiger partial charge is 0.261 e. The second-order valence-corrected chi connectivity index (χ2v) is 5.42. The molecule has 1 heterocycles. The number of aromatic nitrogens is 1. The van der Waals surface area contributed by atoms with E-state index in [9.17, 15) is 13.2 Å². The van der Waals surface area contributed by atoms with Crippen LogP contribution >= 0.6 is 0 Å². The molecule has 0 spiro atoms. The van der Waals surface area contributed by atoms with E-state index in [4.69, 9.17) is 0 Å². The highest BCUT2D eigenvalue weighted by atomic mass is 19.4. The zero-order valence-electron chi connectivity index (χ0n) is 12.2. The average molecular weight is 301 g/mol. The van der Waals surface area contributed by atoms with E-state index in [1.807, 2.05) is 38.1 Å². The molecule has 0 aliphatic heterocycles. The van der Waals surface area contributed by atoms with Crippen LogP contribution in [0.1, 0.15) is 16.8 Å². The number of nitrogens with zero attached hydrogens (tertiary/aromatic N) is 1. The minimum absolute atomic E-state index is 0.595. The maximum atomic E-state index is 12.9. The first-order valence-corrected chi connectivity index (χ1v) is 6.89. The summed E-state index contributed by atoms with van der Waals surface area (Å²) in [5, 5.41) is 1.95. The molecule has 2 aromatic carbocycles. The van der Waals surface area contributed by atoms with Crippen LogP contribution in [0.5, 0.6) is 0 Å². The van der Waals surface area contributed by atoms with Crippen LogP contribution in [0.15, 0.2) is 48.7 Å². The topological polar surface area (TPSA) is 12.9 Å². The number of alkyl halides is 3. The fourth-order valence-electron chi connectivity index (χ4n) is 2.53. The van der Waals surface area contributed by atoms with Gasteiger partial charge in [-0.1, -0.05) is 18.2 Å². The van der Waals surface area contributed by atoms with E-state index < -0.39 is 11.7 Å². The summed E-state index contributed by atoms with van der Waals surface area (Å²) in [4.78, 5) is 4.24. The quantitative estimate of drug-likeness (QED) is 0.575. The van der Waals surface area contributed by atoms with E-state index in [0.29, 0.717) is 5.56 Å². The van der Waals surface area contributed by atoms with Gasteiger partial charge in [0.2, 0.25) is 0 Å². The molecule has 0 amide bonds. The molecule has 0 radical (unpaired) electrons. The predicted octanol–water partition coefficient (Wildman–Crippen LogP) is 5.54. The van der Waals surface area contributed by atoms with Gasteiger partial charge in [0.25, 0.3) is 0 Å². The third-order valence-electron chi connectivity index (χ3n) is 3.73. The Labute approximate surface area is 126 Å². The van der Waals surface area contributed by atoms with E-state index in [2.05, 4.69) is 4.98 Å². The summed E-state index contributed by atoms with van der Waals surface area (Å²) in [6.45, 7) is 3.72. The molecule has 0 atom stereocenters. The Morgan fingerprint density at radius 2 is 1.64 bits per heavy atom. The van der Waals surface area contributed by atoms with Crippen molar-refractivity contribution in [2.24, 2.45) is 0 Å². The lowest BCUT2D eigenvalue weighted by Crippen LogP contribution is -2.05. The molecule has 0 saturated heterocycles. The Balaban J connectivity index is 2.16. The molecule has 22 heavy (non-hydrogen) atoms. The maximum absolute atomic E-state index is 12.9. The molecular formula is C18H14F3N. The van der Waals surface area contributed by atoms with Gasteiger partial charge in [-0.3, -0.25) is 4.98 Å². The molecule has 0 bridgehead atoms. The largest absolute Gasteiger partial charge is 0.416 e. The van der Waals surface area contributed by atoms with Crippen LogP contribution in [0.25, 0.3) is 21.9 Å².